The molecule has 0 aromatic heterocycles. The zero-order valence-corrected chi connectivity index (χ0v) is 14.8. The van der Waals surface area contributed by atoms with E-state index in [0.717, 1.165) is 17.5 Å². The van der Waals surface area contributed by atoms with Crippen LogP contribution in [0.2, 0.25) is 0 Å². The molecule has 0 radical (unpaired) electrons. The Kier molecular flexibility index (Phi) is 5.79. The lowest BCUT2D eigenvalue weighted by Crippen LogP contribution is -2.04. The van der Waals surface area contributed by atoms with Gasteiger partial charge in [-0.3, -0.25) is 0 Å². The highest BCUT2D eigenvalue weighted by Crippen LogP contribution is 2.44. The average Bonchev–Trinajstić information content (AvgIpc) is 2.62. The highest BCUT2D eigenvalue weighted by molar-refractivity contribution is 5.56. The van der Waals surface area contributed by atoms with Crippen LogP contribution in [0.25, 0.3) is 0 Å². The van der Waals surface area contributed by atoms with Gasteiger partial charge in [-0.25, -0.2) is 0 Å². The molecule has 1 unspecified atom stereocenters. The number of phenols is 1. The summed E-state index contributed by atoms with van der Waals surface area (Å²) in [4.78, 5) is 0. The Bertz CT molecular complexity index is 696. The van der Waals surface area contributed by atoms with E-state index < -0.39 is 0 Å². The van der Waals surface area contributed by atoms with E-state index in [1.807, 2.05) is 18.2 Å². The van der Waals surface area contributed by atoms with Gasteiger partial charge < -0.3 is 24.1 Å². The van der Waals surface area contributed by atoms with Crippen LogP contribution in [0.4, 0.5) is 0 Å². The van der Waals surface area contributed by atoms with Gasteiger partial charge in [0.15, 0.2) is 11.5 Å². The van der Waals surface area contributed by atoms with Gasteiger partial charge in [0.2, 0.25) is 0 Å². The number of rotatable bonds is 7. The van der Waals surface area contributed by atoms with Crippen LogP contribution in [-0.4, -0.2) is 33.5 Å². The minimum atomic E-state index is -0.0503. The van der Waals surface area contributed by atoms with Crippen molar-refractivity contribution in [3.8, 4) is 28.7 Å². The summed E-state index contributed by atoms with van der Waals surface area (Å²) in [6, 6.07) is 9.14. The highest BCUT2D eigenvalue weighted by atomic mass is 16.5. The Morgan fingerprint density at radius 2 is 1.50 bits per heavy atom. The Balaban J connectivity index is 2.56. The lowest BCUT2D eigenvalue weighted by atomic mass is 9.87. The zero-order valence-electron chi connectivity index (χ0n) is 14.8. The van der Waals surface area contributed by atoms with Gasteiger partial charge in [0.25, 0.3) is 0 Å². The standard InChI is InChI=1S/C19H24O5/c1-6-14(12-7-8-16(22-3)17(9-12)23-4)19-15(20)10-13(21-2)11-18(19)24-5/h7-11,14,20H,6H2,1-5H3. The minimum Gasteiger partial charge on any atom is -0.507 e. The quantitative estimate of drug-likeness (QED) is 0.831. The van der Waals surface area contributed by atoms with Crippen molar-refractivity contribution >= 4 is 0 Å². The Morgan fingerprint density at radius 3 is 2.04 bits per heavy atom. The molecule has 0 bridgehead atoms. The van der Waals surface area contributed by atoms with E-state index in [1.54, 1.807) is 40.6 Å². The van der Waals surface area contributed by atoms with Gasteiger partial charge in [-0.15, -0.1) is 0 Å². The zero-order chi connectivity index (χ0) is 17.7. The van der Waals surface area contributed by atoms with Crippen molar-refractivity contribution in [3.05, 3.63) is 41.5 Å². The summed E-state index contributed by atoms with van der Waals surface area (Å²) in [5, 5.41) is 10.5. The van der Waals surface area contributed by atoms with Crippen molar-refractivity contribution in [1.82, 2.24) is 0 Å². The van der Waals surface area contributed by atoms with Crippen molar-refractivity contribution in [3.63, 3.8) is 0 Å². The van der Waals surface area contributed by atoms with Crippen LogP contribution in [0.3, 0.4) is 0 Å². The third-order valence-electron chi connectivity index (χ3n) is 4.12. The van der Waals surface area contributed by atoms with Crippen LogP contribution < -0.4 is 18.9 Å². The van der Waals surface area contributed by atoms with Crippen molar-refractivity contribution in [2.45, 2.75) is 19.3 Å². The molecule has 0 saturated heterocycles. The highest BCUT2D eigenvalue weighted by Gasteiger charge is 2.23. The van der Waals surface area contributed by atoms with Crippen LogP contribution in [0.1, 0.15) is 30.4 Å². The summed E-state index contributed by atoms with van der Waals surface area (Å²) in [6.45, 7) is 2.06. The molecule has 1 N–H and O–H groups in total. The van der Waals surface area contributed by atoms with Crippen molar-refractivity contribution in [2.24, 2.45) is 0 Å². The van der Waals surface area contributed by atoms with Gasteiger partial charge in [0, 0.05) is 23.6 Å². The molecule has 0 aliphatic rings. The molecule has 0 spiro atoms. The summed E-state index contributed by atoms with van der Waals surface area (Å²) in [5.41, 5.74) is 1.74. The molecule has 5 nitrogen and oxygen atoms in total. The molecule has 0 aliphatic carbocycles. The predicted octanol–water partition coefficient (Wildman–Crippen LogP) is 3.97. The number of ether oxygens (including phenoxy) is 4. The first-order chi connectivity index (χ1) is 11.6. The van der Waals surface area contributed by atoms with E-state index in [-0.39, 0.29) is 11.7 Å². The molecule has 2 aromatic rings. The summed E-state index contributed by atoms with van der Waals surface area (Å²) in [5.74, 6) is 2.56. The number of hydrogen-bond acceptors (Lipinski definition) is 5. The Morgan fingerprint density at radius 1 is 0.833 bits per heavy atom. The third-order valence-corrected chi connectivity index (χ3v) is 4.12. The first-order valence-corrected chi connectivity index (χ1v) is 7.76. The molecule has 0 amide bonds. The lowest BCUT2D eigenvalue weighted by Gasteiger charge is -2.22. The lowest BCUT2D eigenvalue weighted by molar-refractivity contribution is 0.354. The second-order valence-corrected chi connectivity index (χ2v) is 5.34. The van der Waals surface area contributed by atoms with Gasteiger partial charge in [-0.1, -0.05) is 13.0 Å². The van der Waals surface area contributed by atoms with E-state index in [2.05, 4.69) is 6.92 Å². The summed E-state index contributed by atoms with van der Waals surface area (Å²) < 4.78 is 21.4. The molecule has 0 aliphatic heterocycles. The fourth-order valence-corrected chi connectivity index (χ4v) is 2.90. The van der Waals surface area contributed by atoms with Gasteiger partial charge >= 0.3 is 0 Å². The number of hydrogen-bond donors (Lipinski definition) is 1. The molecular weight excluding hydrogens is 308 g/mol. The molecule has 5 heteroatoms. The summed E-state index contributed by atoms with van der Waals surface area (Å²) in [6.07, 6.45) is 0.783. The van der Waals surface area contributed by atoms with Crippen molar-refractivity contribution in [2.75, 3.05) is 28.4 Å². The second-order valence-electron chi connectivity index (χ2n) is 5.34. The monoisotopic (exact) mass is 332 g/mol. The van der Waals surface area contributed by atoms with Gasteiger partial charge in [-0.05, 0) is 24.1 Å². The first kappa shape index (κ1) is 17.8. The predicted molar refractivity (Wildman–Crippen MR) is 92.9 cm³/mol. The van der Waals surface area contributed by atoms with E-state index >= 15 is 0 Å². The molecule has 0 saturated carbocycles. The van der Waals surface area contributed by atoms with Crippen LogP contribution in [-0.2, 0) is 0 Å². The fraction of sp³-hybridized carbons (Fsp3) is 0.368. The number of phenolic OH excluding ortho intramolecular Hbond substituents is 1. The van der Waals surface area contributed by atoms with Gasteiger partial charge in [-0.2, -0.15) is 0 Å². The van der Waals surface area contributed by atoms with E-state index in [9.17, 15) is 5.11 Å². The SMILES string of the molecule is CCC(c1ccc(OC)c(OC)c1)c1c(O)cc(OC)cc1OC. The van der Waals surface area contributed by atoms with E-state index in [1.165, 1.54) is 0 Å². The number of aromatic hydroxyl groups is 1. The van der Waals surface area contributed by atoms with E-state index in [4.69, 9.17) is 18.9 Å². The van der Waals surface area contributed by atoms with Crippen LogP contribution in [0.5, 0.6) is 28.7 Å². The largest absolute Gasteiger partial charge is 0.507 e. The van der Waals surface area contributed by atoms with Gasteiger partial charge in [0.1, 0.15) is 17.2 Å². The maximum Gasteiger partial charge on any atom is 0.161 e. The molecule has 0 heterocycles. The number of benzene rings is 2. The Labute approximate surface area is 142 Å². The molecule has 0 fully saturated rings. The first-order valence-electron chi connectivity index (χ1n) is 7.76. The van der Waals surface area contributed by atoms with Gasteiger partial charge in [0.05, 0.1) is 28.4 Å². The molecule has 24 heavy (non-hydrogen) atoms. The normalized spacial score (nSPS) is 11.7. The van der Waals surface area contributed by atoms with Crippen molar-refractivity contribution < 1.29 is 24.1 Å². The third kappa shape index (κ3) is 3.35. The Hall–Kier alpha value is -2.56. The van der Waals surface area contributed by atoms with Crippen LogP contribution >= 0.6 is 0 Å². The molecular formula is C19H24O5. The average molecular weight is 332 g/mol. The second kappa shape index (κ2) is 7.81. The smallest absolute Gasteiger partial charge is 0.161 e. The molecule has 2 aromatic carbocycles. The van der Waals surface area contributed by atoms with Crippen LogP contribution in [0.15, 0.2) is 30.3 Å². The number of methoxy groups -OCH3 is 4. The van der Waals surface area contributed by atoms with Crippen LogP contribution in [0, 0.1) is 0 Å². The minimum absolute atomic E-state index is 0.0503. The molecule has 130 valence electrons. The topological polar surface area (TPSA) is 57.2 Å². The maximum atomic E-state index is 10.5. The van der Waals surface area contributed by atoms with Crippen molar-refractivity contribution in [1.29, 1.82) is 0 Å². The molecule has 1 atom stereocenters. The molecule has 2 rings (SSSR count). The summed E-state index contributed by atoms with van der Waals surface area (Å²) in [7, 11) is 6.35. The van der Waals surface area contributed by atoms with E-state index in [0.29, 0.717) is 23.0 Å². The fourth-order valence-electron chi connectivity index (χ4n) is 2.90. The summed E-state index contributed by atoms with van der Waals surface area (Å²) >= 11 is 0. The maximum absolute atomic E-state index is 10.5.